The third-order valence-electron chi connectivity index (χ3n) is 3.08. The maximum atomic E-state index is 13.3. The fourth-order valence-corrected chi connectivity index (χ4v) is 2.07. The summed E-state index contributed by atoms with van der Waals surface area (Å²) in [6, 6.07) is 9.01. The Hall–Kier alpha value is -2.30. The lowest BCUT2D eigenvalue weighted by molar-refractivity contribution is -0.117. The van der Waals surface area contributed by atoms with E-state index in [2.05, 4.69) is 0 Å². The van der Waals surface area contributed by atoms with E-state index in [-0.39, 0.29) is 18.0 Å². The van der Waals surface area contributed by atoms with Crippen molar-refractivity contribution in [3.63, 3.8) is 0 Å². The monoisotopic (exact) mass is 293 g/mol. The first kappa shape index (κ1) is 15.1. The number of halogens is 3. The van der Waals surface area contributed by atoms with Gasteiger partial charge in [-0.05, 0) is 36.8 Å². The number of hydrogen-bond donors (Lipinski definition) is 0. The summed E-state index contributed by atoms with van der Waals surface area (Å²) in [5, 5.41) is 0. The Labute approximate surface area is 120 Å². The number of benzene rings is 2. The summed E-state index contributed by atoms with van der Waals surface area (Å²) in [6.07, 6.45) is -0.00933. The van der Waals surface area contributed by atoms with Gasteiger partial charge in [-0.15, -0.1) is 0 Å². The third-order valence-corrected chi connectivity index (χ3v) is 3.08. The minimum atomic E-state index is -1.01. The van der Waals surface area contributed by atoms with Crippen molar-refractivity contribution in [2.24, 2.45) is 0 Å². The van der Waals surface area contributed by atoms with Crippen molar-refractivity contribution in [2.75, 3.05) is 11.4 Å². The Morgan fingerprint density at radius 1 is 1.05 bits per heavy atom. The summed E-state index contributed by atoms with van der Waals surface area (Å²) in [7, 11) is 0. The van der Waals surface area contributed by atoms with Gasteiger partial charge in [0.05, 0.1) is 6.42 Å². The Morgan fingerprint density at radius 2 is 1.81 bits per heavy atom. The molecule has 0 aromatic heterocycles. The predicted octanol–water partition coefficient (Wildman–Crippen LogP) is 3.70. The third kappa shape index (κ3) is 3.62. The van der Waals surface area contributed by atoms with Crippen LogP contribution in [-0.2, 0) is 11.2 Å². The maximum Gasteiger partial charge on any atom is 0.231 e. The van der Waals surface area contributed by atoms with Crippen LogP contribution in [0.15, 0.2) is 42.5 Å². The van der Waals surface area contributed by atoms with Crippen LogP contribution >= 0.6 is 0 Å². The molecule has 110 valence electrons. The number of likely N-dealkylation sites (N-methyl/N-ethyl adjacent to an activating group) is 1. The Balaban J connectivity index is 2.20. The van der Waals surface area contributed by atoms with Crippen molar-refractivity contribution in [2.45, 2.75) is 13.3 Å². The van der Waals surface area contributed by atoms with Gasteiger partial charge in [0.1, 0.15) is 5.82 Å². The second kappa shape index (κ2) is 6.43. The second-order valence-corrected chi connectivity index (χ2v) is 4.54. The second-order valence-electron chi connectivity index (χ2n) is 4.54. The van der Waals surface area contributed by atoms with E-state index >= 15 is 0 Å². The first-order chi connectivity index (χ1) is 10.0. The molecule has 0 spiro atoms. The molecule has 0 aliphatic carbocycles. The van der Waals surface area contributed by atoms with Gasteiger partial charge in [0.2, 0.25) is 5.91 Å². The SMILES string of the molecule is CCN(C(=O)Cc1cccc(F)c1)c1ccc(F)c(F)c1. The molecule has 0 N–H and O–H groups in total. The highest BCUT2D eigenvalue weighted by atomic mass is 19.2. The fraction of sp³-hybridized carbons (Fsp3) is 0.188. The predicted molar refractivity (Wildman–Crippen MR) is 74.5 cm³/mol. The van der Waals surface area contributed by atoms with Crippen molar-refractivity contribution in [1.29, 1.82) is 0 Å². The number of carbonyl (C=O) groups is 1. The lowest BCUT2D eigenvalue weighted by Crippen LogP contribution is -2.32. The van der Waals surface area contributed by atoms with Gasteiger partial charge in [0.25, 0.3) is 0 Å². The van der Waals surface area contributed by atoms with E-state index in [0.717, 1.165) is 12.1 Å². The lowest BCUT2D eigenvalue weighted by Gasteiger charge is -2.21. The summed E-state index contributed by atoms with van der Waals surface area (Å²) in [6.45, 7) is 2.03. The number of anilines is 1. The van der Waals surface area contributed by atoms with E-state index in [1.54, 1.807) is 13.0 Å². The summed E-state index contributed by atoms with van der Waals surface area (Å²) < 4.78 is 39.3. The molecule has 1 amide bonds. The number of nitrogens with zero attached hydrogens (tertiary/aromatic N) is 1. The highest BCUT2D eigenvalue weighted by Gasteiger charge is 2.16. The average molecular weight is 293 g/mol. The minimum absolute atomic E-state index is 0.00933. The van der Waals surface area contributed by atoms with E-state index in [0.29, 0.717) is 12.1 Å². The molecule has 0 saturated heterocycles. The van der Waals surface area contributed by atoms with Crippen LogP contribution in [0.5, 0.6) is 0 Å². The average Bonchev–Trinajstić information content (AvgIpc) is 2.43. The molecule has 0 unspecified atom stereocenters. The van der Waals surface area contributed by atoms with Crippen LogP contribution in [0.3, 0.4) is 0 Å². The molecule has 0 atom stereocenters. The van der Waals surface area contributed by atoms with Crippen LogP contribution in [0.4, 0.5) is 18.9 Å². The molecule has 0 aliphatic heterocycles. The van der Waals surface area contributed by atoms with Gasteiger partial charge >= 0.3 is 0 Å². The molecule has 2 nitrogen and oxygen atoms in total. The molecular formula is C16H14F3NO. The molecule has 5 heteroatoms. The van der Waals surface area contributed by atoms with E-state index < -0.39 is 17.5 Å². The molecule has 0 bridgehead atoms. The largest absolute Gasteiger partial charge is 0.312 e. The lowest BCUT2D eigenvalue weighted by atomic mass is 10.1. The Bertz CT molecular complexity index is 658. The standard InChI is InChI=1S/C16H14F3NO/c1-2-20(13-6-7-14(18)15(19)10-13)16(21)9-11-4-3-5-12(17)8-11/h3-8,10H,2,9H2,1H3. The topological polar surface area (TPSA) is 20.3 Å². The maximum absolute atomic E-state index is 13.3. The van der Waals surface area contributed by atoms with Crippen LogP contribution in [0.25, 0.3) is 0 Å². The van der Waals surface area contributed by atoms with Gasteiger partial charge in [-0.2, -0.15) is 0 Å². The summed E-state index contributed by atoms with van der Waals surface area (Å²) >= 11 is 0. The Morgan fingerprint density at radius 3 is 2.43 bits per heavy atom. The van der Waals surface area contributed by atoms with Gasteiger partial charge in [-0.1, -0.05) is 12.1 Å². The van der Waals surface area contributed by atoms with Crippen LogP contribution < -0.4 is 4.90 Å². The number of carbonyl (C=O) groups excluding carboxylic acids is 1. The van der Waals surface area contributed by atoms with Crippen molar-refractivity contribution < 1.29 is 18.0 Å². The number of rotatable bonds is 4. The highest BCUT2D eigenvalue weighted by molar-refractivity contribution is 5.94. The van der Waals surface area contributed by atoms with Gasteiger partial charge in [0, 0.05) is 18.3 Å². The van der Waals surface area contributed by atoms with Crippen molar-refractivity contribution in [3.8, 4) is 0 Å². The van der Waals surface area contributed by atoms with Gasteiger partial charge in [-0.25, -0.2) is 13.2 Å². The first-order valence-electron chi connectivity index (χ1n) is 6.51. The minimum Gasteiger partial charge on any atom is -0.312 e. The van der Waals surface area contributed by atoms with Crippen LogP contribution in [0, 0.1) is 17.5 Å². The number of hydrogen-bond acceptors (Lipinski definition) is 1. The van der Waals surface area contributed by atoms with Crippen LogP contribution in [0.2, 0.25) is 0 Å². The first-order valence-corrected chi connectivity index (χ1v) is 6.51. The number of amides is 1. The van der Waals surface area contributed by atoms with E-state index in [9.17, 15) is 18.0 Å². The zero-order valence-electron chi connectivity index (χ0n) is 11.4. The molecule has 2 aromatic rings. The zero-order valence-corrected chi connectivity index (χ0v) is 11.4. The molecule has 0 heterocycles. The normalized spacial score (nSPS) is 10.5. The molecular weight excluding hydrogens is 279 g/mol. The van der Waals surface area contributed by atoms with Crippen molar-refractivity contribution in [3.05, 3.63) is 65.5 Å². The van der Waals surface area contributed by atoms with Crippen molar-refractivity contribution in [1.82, 2.24) is 0 Å². The highest BCUT2D eigenvalue weighted by Crippen LogP contribution is 2.19. The van der Waals surface area contributed by atoms with E-state index in [1.807, 2.05) is 0 Å². The van der Waals surface area contributed by atoms with Crippen LogP contribution in [0.1, 0.15) is 12.5 Å². The molecule has 2 rings (SSSR count). The van der Waals surface area contributed by atoms with E-state index in [4.69, 9.17) is 0 Å². The van der Waals surface area contributed by atoms with Crippen molar-refractivity contribution >= 4 is 11.6 Å². The van der Waals surface area contributed by atoms with Crippen LogP contribution in [-0.4, -0.2) is 12.5 Å². The summed E-state index contributed by atoms with van der Waals surface area (Å²) in [5.41, 5.74) is 0.804. The smallest absolute Gasteiger partial charge is 0.231 e. The molecule has 0 fully saturated rings. The molecule has 0 aliphatic rings. The quantitative estimate of drug-likeness (QED) is 0.841. The van der Waals surface area contributed by atoms with Gasteiger partial charge < -0.3 is 4.90 Å². The fourth-order valence-electron chi connectivity index (χ4n) is 2.07. The summed E-state index contributed by atoms with van der Waals surface area (Å²) in [5.74, 6) is -2.71. The molecule has 0 saturated carbocycles. The zero-order chi connectivity index (χ0) is 15.4. The van der Waals surface area contributed by atoms with Gasteiger partial charge in [0.15, 0.2) is 11.6 Å². The molecule has 2 aromatic carbocycles. The summed E-state index contributed by atoms with van der Waals surface area (Å²) in [4.78, 5) is 13.6. The van der Waals surface area contributed by atoms with Gasteiger partial charge in [-0.3, -0.25) is 4.79 Å². The Kier molecular flexibility index (Phi) is 4.62. The molecule has 21 heavy (non-hydrogen) atoms. The molecule has 0 radical (unpaired) electrons. The van der Waals surface area contributed by atoms with E-state index in [1.165, 1.54) is 29.2 Å².